The van der Waals surface area contributed by atoms with Crippen molar-refractivity contribution in [2.75, 3.05) is 17.4 Å². The van der Waals surface area contributed by atoms with Crippen molar-refractivity contribution >= 4 is 50.7 Å². The maximum absolute atomic E-state index is 14.5. The molecule has 44 heavy (non-hydrogen) atoms. The fraction of sp³-hybridized carbons (Fsp3) is 0.235. The first-order chi connectivity index (χ1) is 21.0. The predicted molar refractivity (Wildman–Crippen MR) is 177 cm³/mol. The monoisotopic (exact) mass is 651 g/mol. The van der Waals surface area contributed by atoms with Gasteiger partial charge in [-0.05, 0) is 68.3 Å². The molecule has 0 unspecified atom stereocenters. The molecule has 0 saturated carbocycles. The zero-order chi connectivity index (χ0) is 31.9. The van der Waals surface area contributed by atoms with E-state index in [0.29, 0.717) is 27.8 Å². The third-order valence-electron chi connectivity index (χ3n) is 7.19. The number of benzene rings is 4. The number of hydrogen-bond acceptors (Lipinski definition) is 4. The van der Waals surface area contributed by atoms with Crippen LogP contribution >= 0.6 is 23.2 Å². The predicted octanol–water partition coefficient (Wildman–Crippen LogP) is 6.58. The average Bonchev–Trinajstić information content (AvgIpc) is 2.99. The fourth-order valence-electron chi connectivity index (χ4n) is 4.85. The molecule has 2 amide bonds. The first-order valence-corrected chi connectivity index (χ1v) is 16.4. The van der Waals surface area contributed by atoms with Gasteiger partial charge in [-0.2, -0.15) is 0 Å². The number of likely N-dealkylation sites (N-methyl/N-ethyl adjacent to an activating group) is 1. The molecule has 4 aromatic rings. The average molecular weight is 653 g/mol. The van der Waals surface area contributed by atoms with E-state index in [9.17, 15) is 18.0 Å². The minimum Gasteiger partial charge on any atom is -0.355 e. The van der Waals surface area contributed by atoms with Crippen LogP contribution in [0.2, 0.25) is 10.0 Å². The van der Waals surface area contributed by atoms with Gasteiger partial charge in [0, 0.05) is 35.1 Å². The topological polar surface area (TPSA) is 86.8 Å². The van der Waals surface area contributed by atoms with E-state index in [1.54, 1.807) is 55.5 Å². The molecule has 0 fully saturated rings. The molecule has 10 heteroatoms. The van der Waals surface area contributed by atoms with E-state index in [4.69, 9.17) is 23.2 Å². The lowest BCUT2D eigenvalue weighted by Crippen LogP contribution is -2.53. The highest BCUT2D eigenvalue weighted by atomic mass is 35.5. The number of carbonyl (C=O) groups excluding carboxylic acids is 2. The number of nitrogens with one attached hydrogen (secondary N) is 1. The van der Waals surface area contributed by atoms with Gasteiger partial charge in [-0.25, -0.2) is 8.42 Å². The summed E-state index contributed by atoms with van der Waals surface area (Å²) in [4.78, 5) is 29.5. The molecule has 0 aromatic heterocycles. The number of halogens is 2. The van der Waals surface area contributed by atoms with E-state index >= 15 is 0 Å². The van der Waals surface area contributed by atoms with Crippen molar-refractivity contribution in [2.24, 2.45) is 0 Å². The number of anilines is 1. The summed E-state index contributed by atoms with van der Waals surface area (Å²) < 4.78 is 29.3. The van der Waals surface area contributed by atoms with Crippen LogP contribution < -0.4 is 9.62 Å². The Morgan fingerprint density at radius 2 is 1.45 bits per heavy atom. The van der Waals surface area contributed by atoms with Gasteiger partial charge in [0.15, 0.2) is 0 Å². The molecule has 230 valence electrons. The first kappa shape index (κ1) is 33.1. The van der Waals surface area contributed by atoms with Crippen molar-refractivity contribution in [3.05, 3.63) is 129 Å². The van der Waals surface area contributed by atoms with Gasteiger partial charge in [0.25, 0.3) is 10.0 Å². The summed E-state index contributed by atoms with van der Waals surface area (Å²) in [5.74, 6) is -0.971. The Hall–Kier alpha value is -3.85. The lowest BCUT2D eigenvalue weighted by molar-refractivity contribution is -0.140. The molecule has 0 aliphatic carbocycles. The van der Waals surface area contributed by atoms with Crippen LogP contribution in [0.3, 0.4) is 0 Å². The summed E-state index contributed by atoms with van der Waals surface area (Å²) in [6.07, 6.45) is 0.190. The molecule has 1 atom stereocenters. The second-order valence-corrected chi connectivity index (χ2v) is 13.2. The van der Waals surface area contributed by atoms with Crippen molar-refractivity contribution in [3.8, 4) is 0 Å². The van der Waals surface area contributed by atoms with E-state index in [1.807, 2.05) is 50.2 Å². The summed E-state index contributed by atoms with van der Waals surface area (Å²) in [6.45, 7) is 5.17. The van der Waals surface area contributed by atoms with Crippen molar-refractivity contribution in [2.45, 2.75) is 44.7 Å². The molecule has 4 aromatic carbocycles. The number of carbonyl (C=O) groups is 2. The Morgan fingerprint density at radius 3 is 2.07 bits per heavy atom. The smallest absolute Gasteiger partial charge is 0.264 e. The molecular formula is C34H35Cl2N3O4S. The molecule has 4 rings (SSSR count). The molecule has 1 N–H and O–H groups in total. The van der Waals surface area contributed by atoms with E-state index in [-0.39, 0.29) is 23.8 Å². The SMILES string of the molecule is CCNC(=O)[C@@H](Cc1ccccc1)N(Cc1c(Cl)cccc1Cl)C(=O)CN(c1cccc(C)c1)S(=O)(=O)c1ccc(C)cc1. The van der Waals surface area contributed by atoms with Crippen LogP contribution in [-0.2, 0) is 32.6 Å². The van der Waals surface area contributed by atoms with Gasteiger partial charge in [0.1, 0.15) is 12.6 Å². The maximum Gasteiger partial charge on any atom is 0.264 e. The van der Waals surface area contributed by atoms with E-state index in [0.717, 1.165) is 21.0 Å². The minimum absolute atomic E-state index is 0.0441. The fourth-order valence-corrected chi connectivity index (χ4v) is 6.77. The number of rotatable bonds is 12. The van der Waals surface area contributed by atoms with Gasteiger partial charge in [0.05, 0.1) is 10.6 Å². The van der Waals surface area contributed by atoms with Crippen LogP contribution in [0.5, 0.6) is 0 Å². The third-order valence-corrected chi connectivity index (χ3v) is 9.69. The van der Waals surface area contributed by atoms with Crippen LogP contribution in [-0.4, -0.2) is 44.3 Å². The number of aryl methyl sites for hydroxylation is 2. The third kappa shape index (κ3) is 8.00. The van der Waals surface area contributed by atoms with Crippen LogP contribution in [0.25, 0.3) is 0 Å². The highest BCUT2D eigenvalue weighted by Crippen LogP contribution is 2.29. The van der Waals surface area contributed by atoms with Gasteiger partial charge in [0.2, 0.25) is 11.8 Å². The zero-order valence-electron chi connectivity index (χ0n) is 24.8. The van der Waals surface area contributed by atoms with Crippen molar-refractivity contribution in [3.63, 3.8) is 0 Å². The Labute approximate surface area is 269 Å². The second kappa shape index (κ2) is 14.8. The van der Waals surface area contributed by atoms with Crippen LogP contribution in [0.1, 0.15) is 29.2 Å². The molecule has 0 saturated heterocycles. The molecule has 0 aliphatic rings. The molecular weight excluding hydrogens is 617 g/mol. The van der Waals surface area contributed by atoms with Crippen LogP contribution in [0, 0.1) is 13.8 Å². The van der Waals surface area contributed by atoms with E-state index in [1.165, 1.54) is 17.0 Å². The summed E-state index contributed by atoms with van der Waals surface area (Å²) in [7, 11) is -4.19. The normalized spacial score (nSPS) is 11.9. The van der Waals surface area contributed by atoms with Gasteiger partial charge >= 0.3 is 0 Å². The largest absolute Gasteiger partial charge is 0.355 e. The number of sulfonamides is 1. The van der Waals surface area contributed by atoms with Crippen molar-refractivity contribution < 1.29 is 18.0 Å². The molecule has 0 heterocycles. The Kier molecular flexibility index (Phi) is 11.1. The number of nitrogens with zero attached hydrogens (tertiary/aromatic N) is 2. The lowest BCUT2D eigenvalue weighted by atomic mass is 10.0. The van der Waals surface area contributed by atoms with Gasteiger partial charge in [-0.15, -0.1) is 0 Å². The summed E-state index contributed by atoms with van der Waals surface area (Å²) in [5.41, 5.74) is 3.33. The second-order valence-electron chi connectivity index (χ2n) is 10.5. The van der Waals surface area contributed by atoms with Crippen molar-refractivity contribution in [1.82, 2.24) is 10.2 Å². The van der Waals surface area contributed by atoms with Crippen molar-refractivity contribution in [1.29, 1.82) is 0 Å². The minimum atomic E-state index is -4.19. The molecule has 0 radical (unpaired) electrons. The number of amides is 2. The molecule has 0 aliphatic heterocycles. The van der Waals surface area contributed by atoms with Crippen LogP contribution in [0.15, 0.2) is 102 Å². The van der Waals surface area contributed by atoms with Gasteiger partial charge in [-0.3, -0.25) is 13.9 Å². The quantitative estimate of drug-likeness (QED) is 0.187. The van der Waals surface area contributed by atoms with E-state index in [2.05, 4.69) is 5.32 Å². The number of hydrogen-bond donors (Lipinski definition) is 1. The first-order valence-electron chi connectivity index (χ1n) is 14.2. The summed E-state index contributed by atoms with van der Waals surface area (Å²) in [5, 5.41) is 3.49. The highest BCUT2D eigenvalue weighted by molar-refractivity contribution is 7.92. The zero-order valence-corrected chi connectivity index (χ0v) is 27.2. The lowest BCUT2D eigenvalue weighted by Gasteiger charge is -2.34. The molecule has 0 bridgehead atoms. The molecule has 7 nitrogen and oxygen atoms in total. The van der Waals surface area contributed by atoms with Gasteiger partial charge < -0.3 is 10.2 Å². The molecule has 0 spiro atoms. The van der Waals surface area contributed by atoms with Gasteiger partial charge in [-0.1, -0.05) is 89.4 Å². The Morgan fingerprint density at radius 1 is 0.818 bits per heavy atom. The maximum atomic E-state index is 14.5. The summed E-state index contributed by atoms with van der Waals surface area (Å²) in [6, 6.07) is 26.7. The summed E-state index contributed by atoms with van der Waals surface area (Å²) >= 11 is 13.1. The van der Waals surface area contributed by atoms with E-state index < -0.39 is 28.5 Å². The van der Waals surface area contributed by atoms with Crippen LogP contribution in [0.4, 0.5) is 5.69 Å². The standard InChI is InChI=1S/C34H35Cl2N3O4S/c1-4-37-34(41)32(21-26-11-6-5-7-12-26)38(22-29-30(35)14-9-15-31(29)36)33(40)23-39(27-13-8-10-25(3)20-27)44(42,43)28-18-16-24(2)17-19-28/h5-20,32H,4,21-23H2,1-3H3,(H,37,41)/t32-/m1/s1. The highest BCUT2D eigenvalue weighted by Gasteiger charge is 2.35. The Bertz CT molecular complexity index is 1690. The Balaban J connectivity index is 1.83.